The second-order valence-corrected chi connectivity index (χ2v) is 5.24. The summed E-state index contributed by atoms with van der Waals surface area (Å²) in [4.78, 5) is 8.57. The van der Waals surface area contributed by atoms with Crippen LogP contribution >= 0.6 is 22.9 Å². The van der Waals surface area contributed by atoms with Gasteiger partial charge in [-0.25, -0.2) is 9.97 Å². The summed E-state index contributed by atoms with van der Waals surface area (Å²) in [6.07, 6.45) is 0. The highest BCUT2D eigenvalue weighted by Crippen LogP contribution is 2.29. The number of fused-ring (bicyclic) bond motifs is 1. The Morgan fingerprint density at radius 1 is 1.21 bits per heavy atom. The molecule has 4 nitrogen and oxygen atoms in total. The van der Waals surface area contributed by atoms with Crippen LogP contribution in [-0.4, -0.2) is 9.97 Å². The van der Waals surface area contributed by atoms with E-state index in [9.17, 15) is 0 Å². The Balaban J connectivity index is 1.94. The summed E-state index contributed by atoms with van der Waals surface area (Å²) in [5.41, 5.74) is 1.25. The van der Waals surface area contributed by atoms with Crippen LogP contribution in [0.2, 0.25) is 5.02 Å². The minimum Gasteiger partial charge on any atom is -0.316 e. The van der Waals surface area contributed by atoms with Gasteiger partial charge in [-0.15, -0.1) is 0 Å². The lowest BCUT2D eigenvalue weighted by Crippen LogP contribution is -1.93. The first-order valence-electron chi connectivity index (χ1n) is 5.45. The Morgan fingerprint density at radius 2 is 2.11 bits per heavy atom. The van der Waals surface area contributed by atoms with Gasteiger partial charge in [0, 0.05) is 5.02 Å². The molecule has 0 spiro atoms. The number of anilines is 2. The van der Waals surface area contributed by atoms with Gasteiger partial charge in [-0.1, -0.05) is 29.0 Å². The quantitative estimate of drug-likeness (QED) is 0.774. The number of pyridine rings is 1. The fraction of sp³-hybridized carbons (Fsp3) is 0. The predicted octanol–water partition coefficient (Wildman–Crippen LogP) is 3.96. The smallest absolute Gasteiger partial charge is 0.189 e. The van der Waals surface area contributed by atoms with E-state index in [2.05, 4.69) is 15.3 Å². The third kappa shape index (κ3) is 2.50. The number of nitrogens with zero attached hydrogens (tertiary/aromatic N) is 3. The zero-order valence-electron chi connectivity index (χ0n) is 9.59. The van der Waals surface area contributed by atoms with Crippen LogP contribution in [0.1, 0.15) is 5.69 Å². The standard InChI is InChI=1S/C13H7ClN4S/c14-8-4-5-10-11(6-8)19-13(17-10)18-12-3-1-2-9(7-15)16-12/h1-6H,(H,16,17,18). The third-order valence-electron chi connectivity index (χ3n) is 2.45. The van der Waals surface area contributed by atoms with Crippen LogP contribution in [0, 0.1) is 11.3 Å². The van der Waals surface area contributed by atoms with Gasteiger partial charge in [0.1, 0.15) is 17.6 Å². The minimum atomic E-state index is 0.370. The van der Waals surface area contributed by atoms with E-state index in [-0.39, 0.29) is 0 Å². The molecule has 0 saturated carbocycles. The largest absolute Gasteiger partial charge is 0.316 e. The summed E-state index contributed by atoms with van der Waals surface area (Å²) >= 11 is 7.43. The molecule has 0 bridgehead atoms. The van der Waals surface area contributed by atoms with Crippen molar-refractivity contribution in [1.82, 2.24) is 9.97 Å². The average Bonchev–Trinajstić information content (AvgIpc) is 2.80. The topological polar surface area (TPSA) is 61.6 Å². The normalized spacial score (nSPS) is 10.3. The summed E-state index contributed by atoms with van der Waals surface area (Å²) in [6, 6.07) is 12.8. The van der Waals surface area contributed by atoms with Gasteiger partial charge >= 0.3 is 0 Å². The number of hydrogen-bond donors (Lipinski definition) is 1. The molecular formula is C13H7ClN4S. The van der Waals surface area contributed by atoms with Crippen molar-refractivity contribution in [2.45, 2.75) is 0 Å². The Bertz CT molecular complexity index is 791. The van der Waals surface area contributed by atoms with E-state index in [0.717, 1.165) is 15.3 Å². The van der Waals surface area contributed by atoms with Crippen molar-refractivity contribution < 1.29 is 0 Å². The van der Waals surface area contributed by atoms with Crippen molar-refractivity contribution in [3.63, 3.8) is 0 Å². The van der Waals surface area contributed by atoms with Crippen molar-refractivity contribution in [3.8, 4) is 6.07 Å². The maximum absolute atomic E-state index is 8.81. The fourth-order valence-electron chi connectivity index (χ4n) is 1.63. The van der Waals surface area contributed by atoms with E-state index < -0.39 is 0 Å². The summed E-state index contributed by atoms with van der Waals surface area (Å²) < 4.78 is 1.01. The first-order chi connectivity index (χ1) is 9.24. The molecule has 0 amide bonds. The van der Waals surface area contributed by atoms with Crippen LogP contribution in [0.3, 0.4) is 0 Å². The van der Waals surface area contributed by atoms with E-state index in [0.29, 0.717) is 16.5 Å². The first kappa shape index (κ1) is 11.9. The molecule has 0 radical (unpaired) electrons. The number of halogens is 1. The number of hydrogen-bond acceptors (Lipinski definition) is 5. The molecule has 0 saturated heterocycles. The Labute approximate surface area is 118 Å². The molecule has 1 aromatic carbocycles. The zero-order valence-corrected chi connectivity index (χ0v) is 11.2. The molecule has 0 fully saturated rings. The number of nitriles is 1. The molecule has 19 heavy (non-hydrogen) atoms. The van der Waals surface area contributed by atoms with Gasteiger partial charge in [-0.2, -0.15) is 5.26 Å². The van der Waals surface area contributed by atoms with Crippen LogP contribution in [0.5, 0.6) is 0 Å². The lowest BCUT2D eigenvalue weighted by molar-refractivity contribution is 1.25. The molecule has 0 aliphatic heterocycles. The Kier molecular flexibility index (Phi) is 3.03. The number of rotatable bonds is 2. The minimum absolute atomic E-state index is 0.370. The third-order valence-corrected chi connectivity index (χ3v) is 3.62. The predicted molar refractivity (Wildman–Crippen MR) is 76.9 cm³/mol. The van der Waals surface area contributed by atoms with Crippen LogP contribution in [-0.2, 0) is 0 Å². The molecule has 3 rings (SSSR count). The van der Waals surface area contributed by atoms with Gasteiger partial charge in [0.25, 0.3) is 0 Å². The molecule has 92 valence electrons. The molecule has 0 unspecified atom stereocenters. The van der Waals surface area contributed by atoms with E-state index in [4.69, 9.17) is 16.9 Å². The van der Waals surface area contributed by atoms with Gasteiger partial charge in [0.15, 0.2) is 5.13 Å². The molecule has 0 aliphatic rings. The van der Waals surface area contributed by atoms with Crippen molar-refractivity contribution in [1.29, 1.82) is 5.26 Å². The van der Waals surface area contributed by atoms with Crippen LogP contribution in [0.4, 0.5) is 10.9 Å². The van der Waals surface area contributed by atoms with Gasteiger partial charge in [-0.05, 0) is 30.3 Å². The monoisotopic (exact) mass is 286 g/mol. The van der Waals surface area contributed by atoms with Crippen molar-refractivity contribution in [2.75, 3.05) is 5.32 Å². The van der Waals surface area contributed by atoms with Crippen LogP contribution < -0.4 is 5.32 Å². The maximum atomic E-state index is 8.81. The number of thiazole rings is 1. The van der Waals surface area contributed by atoms with Gasteiger partial charge in [0.05, 0.1) is 10.2 Å². The van der Waals surface area contributed by atoms with Crippen molar-refractivity contribution in [2.24, 2.45) is 0 Å². The average molecular weight is 287 g/mol. The molecule has 6 heteroatoms. The second-order valence-electron chi connectivity index (χ2n) is 3.78. The lowest BCUT2D eigenvalue weighted by atomic mass is 10.3. The molecule has 0 aliphatic carbocycles. The van der Waals surface area contributed by atoms with Crippen LogP contribution in [0.25, 0.3) is 10.2 Å². The van der Waals surface area contributed by atoms with E-state index in [1.54, 1.807) is 18.2 Å². The van der Waals surface area contributed by atoms with Crippen molar-refractivity contribution >= 4 is 44.1 Å². The Hall–Kier alpha value is -2.16. The molecule has 1 N–H and O–H groups in total. The first-order valence-corrected chi connectivity index (χ1v) is 6.64. The molecule has 2 heterocycles. The summed E-state index contributed by atoms with van der Waals surface area (Å²) in [5, 5.41) is 13.3. The molecule has 0 atom stereocenters. The lowest BCUT2D eigenvalue weighted by Gasteiger charge is -2.00. The second kappa shape index (κ2) is 4.84. The SMILES string of the molecule is N#Cc1cccc(Nc2nc3ccc(Cl)cc3s2)n1. The van der Waals surface area contributed by atoms with E-state index in [1.807, 2.05) is 24.3 Å². The summed E-state index contributed by atoms with van der Waals surface area (Å²) in [5.74, 6) is 0.601. The van der Waals surface area contributed by atoms with Gasteiger partial charge in [-0.3, -0.25) is 0 Å². The molecular weight excluding hydrogens is 280 g/mol. The van der Waals surface area contributed by atoms with Gasteiger partial charge in [0.2, 0.25) is 0 Å². The Morgan fingerprint density at radius 3 is 2.95 bits per heavy atom. The summed E-state index contributed by atoms with van der Waals surface area (Å²) in [7, 11) is 0. The zero-order chi connectivity index (χ0) is 13.2. The maximum Gasteiger partial charge on any atom is 0.189 e. The van der Waals surface area contributed by atoms with Gasteiger partial charge < -0.3 is 5.32 Å². The fourth-order valence-corrected chi connectivity index (χ4v) is 2.78. The van der Waals surface area contributed by atoms with Crippen molar-refractivity contribution in [3.05, 3.63) is 47.1 Å². The van der Waals surface area contributed by atoms with Crippen LogP contribution in [0.15, 0.2) is 36.4 Å². The highest BCUT2D eigenvalue weighted by Gasteiger charge is 2.05. The van der Waals surface area contributed by atoms with E-state index in [1.165, 1.54) is 11.3 Å². The number of aromatic nitrogens is 2. The molecule has 3 aromatic rings. The number of nitrogens with one attached hydrogen (secondary N) is 1. The highest BCUT2D eigenvalue weighted by atomic mass is 35.5. The molecule has 2 aromatic heterocycles. The summed E-state index contributed by atoms with van der Waals surface area (Å²) in [6.45, 7) is 0. The highest BCUT2D eigenvalue weighted by molar-refractivity contribution is 7.22. The van der Waals surface area contributed by atoms with E-state index >= 15 is 0 Å². The number of benzene rings is 1.